The average molecular weight is 364 g/mol. The second-order valence-corrected chi connectivity index (χ2v) is 8.83. The zero-order chi connectivity index (χ0) is 17.8. The van der Waals surface area contributed by atoms with Crippen LogP contribution in [0.2, 0.25) is 0 Å². The van der Waals surface area contributed by atoms with Gasteiger partial charge >= 0.3 is 0 Å². The van der Waals surface area contributed by atoms with E-state index in [0.717, 1.165) is 32.1 Å². The van der Waals surface area contributed by atoms with Crippen LogP contribution in [-0.4, -0.2) is 85.2 Å². The van der Waals surface area contributed by atoms with Crippen LogP contribution in [0.5, 0.6) is 0 Å². The molecule has 0 aromatic rings. The first-order chi connectivity index (χ1) is 12.8. The van der Waals surface area contributed by atoms with Crippen molar-refractivity contribution in [3.8, 4) is 0 Å². The summed E-state index contributed by atoms with van der Waals surface area (Å²) < 4.78 is 5.40. The maximum Gasteiger partial charge on any atom is 0.227 e. The molecule has 4 rings (SSSR count). The number of ether oxygens (including phenoxy) is 1. The third-order valence-electron chi connectivity index (χ3n) is 7.23. The van der Waals surface area contributed by atoms with Gasteiger partial charge in [-0.25, -0.2) is 0 Å². The lowest BCUT2D eigenvalue weighted by atomic mass is 9.90. The van der Waals surface area contributed by atoms with Crippen molar-refractivity contribution in [1.82, 2.24) is 14.7 Å². The van der Waals surface area contributed by atoms with Gasteiger partial charge in [0, 0.05) is 31.7 Å². The van der Waals surface area contributed by atoms with E-state index in [1.54, 1.807) is 0 Å². The SMILES string of the molecule is O=C([C@H]1CCCN(C2CCN(C3CCCCC3)CC2)C1)N1CCOCC1. The van der Waals surface area contributed by atoms with Gasteiger partial charge in [0.25, 0.3) is 0 Å². The molecular formula is C21H37N3O2. The van der Waals surface area contributed by atoms with Gasteiger partial charge in [0.2, 0.25) is 5.91 Å². The first-order valence-corrected chi connectivity index (χ1v) is 11.2. The van der Waals surface area contributed by atoms with E-state index in [9.17, 15) is 4.79 Å². The summed E-state index contributed by atoms with van der Waals surface area (Å²) in [6.45, 7) is 7.72. The molecule has 1 saturated carbocycles. The first kappa shape index (κ1) is 18.7. The highest BCUT2D eigenvalue weighted by atomic mass is 16.5. The summed E-state index contributed by atoms with van der Waals surface area (Å²) in [5, 5.41) is 0. The van der Waals surface area contributed by atoms with Crippen LogP contribution in [0.1, 0.15) is 57.8 Å². The smallest absolute Gasteiger partial charge is 0.227 e. The fourth-order valence-electron chi connectivity index (χ4n) is 5.64. The van der Waals surface area contributed by atoms with Gasteiger partial charge in [-0.2, -0.15) is 0 Å². The van der Waals surface area contributed by atoms with Crippen molar-refractivity contribution in [3.63, 3.8) is 0 Å². The molecule has 5 heteroatoms. The van der Waals surface area contributed by atoms with E-state index in [1.807, 2.05) is 4.90 Å². The first-order valence-electron chi connectivity index (χ1n) is 11.2. The van der Waals surface area contributed by atoms with Crippen LogP contribution in [0.3, 0.4) is 0 Å². The Balaban J connectivity index is 1.26. The predicted molar refractivity (Wildman–Crippen MR) is 103 cm³/mol. The minimum absolute atomic E-state index is 0.221. The number of piperidine rings is 2. The second-order valence-electron chi connectivity index (χ2n) is 8.83. The number of carbonyl (C=O) groups excluding carboxylic acids is 1. The number of rotatable bonds is 3. The van der Waals surface area contributed by atoms with Crippen LogP contribution in [0.4, 0.5) is 0 Å². The maximum absolute atomic E-state index is 12.9. The lowest BCUT2D eigenvalue weighted by molar-refractivity contribution is -0.142. The highest BCUT2D eigenvalue weighted by Gasteiger charge is 2.34. The summed E-state index contributed by atoms with van der Waals surface area (Å²) in [6.07, 6.45) is 12.0. The Morgan fingerprint density at radius 2 is 1.38 bits per heavy atom. The van der Waals surface area contributed by atoms with Crippen molar-refractivity contribution >= 4 is 5.91 Å². The summed E-state index contributed by atoms with van der Waals surface area (Å²) in [5.41, 5.74) is 0. The Morgan fingerprint density at radius 1 is 0.692 bits per heavy atom. The Bertz CT molecular complexity index is 452. The molecular weight excluding hydrogens is 326 g/mol. The van der Waals surface area contributed by atoms with Gasteiger partial charge in [-0.3, -0.25) is 9.69 Å². The average Bonchev–Trinajstić information content (AvgIpc) is 2.75. The van der Waals surface area contributed by atoms with Gasteiger partial charge < -0.3 is 14.5 Å². The lowest BCUT2D eigenvalue weighted by Crippen LogP contribution is -2.53. The van der Waals surface area contributed by atoms with E-state index in [2.05, 4.69) is 9.80 Å². The Kier molecular flexibility index (Phi) is 6.49. The van der Waals surface area contributed by atoms with Gasteiger partial charge in [-0.1, -0.05) is 19.3 Å². The molecule has 0 radical (unpaired) electrons. The quantitative estimate of drug-likeness (QED) is 0.771. The largest absolute Gasteiger partial charge is 0.378 e. The molecule has 1 atom stereocenters. The summed E-state index contributed by atoms with van der Waals surface area (Å²) in [4.78, 5) is 20.4. The third kappa shape index (κ3) is 4.42. The van der Waals surface area contributed by atoms with Crippen molar-refractivity contribution in [2.75, 3.05) is 52.5 Å². The molecule has 0 aromatic heterocycles. The highest BCUT2D eigenvalue weighted by molar-refractivity contribution is 5.79. The molecule has 3 saturated heterocycles. The number of hydrogen-bond acceptors (Lipinski definition) is 4. The normalized spacial score (nSPS) is 31.2. The third-order valence-corrected chi connectivity index (χ3v) is 7.23. The molecule has 3 heterocycles. The summed E-state index contributed by atoms with van der Waals surface area (Å²) >= 11 is 0. The van der Waals surface area contributed by atoms with Gasteiger partial charge in [0.15, 0.2) is 0 Å². The van der Waals surface area contributed by atoms with E-state index in [4.69, 9.17) is 4.74 Å². The molecule has 1 amide bonds. The van der Waals surface area contributed by atoms with Crippen LogP contribution in [0.15, 0.2) is 0 Å². The van der Waals surface area contributed by atoms with Crippen molar-refractivity contribution in [3.05, 3.63) is 0 Å². The van der Waals surface area contributed by atoms with Crippen molar-refractivity contribution in [2.45, 2.75) is 69.9 Å². The number of morpholine rings is 1. The van der Waals surface area contributed by atoms with Crippen LogP contribution >= 0.6 is 0 Å². The minimum atomic E-state index is 0.221. The van der Waals surface area contributed by atoms with Crippen LogP contribution in [0.25, 0.3) is 0 Å². The van der Waals surface area contributed by atoms with E-state index in [0.29, 0.717) is 25.2 Å². The van der Waals surface area contributed by atoms with E-state index < -0.39 is 0 Å². The molecule has 0 unspecified atom stereocenters. The molecule has 4 fully saturated rings. The van der Waals surface area contributed by atoms with Crippen molar-refractivity contribution < 1.29 is 9.53 Å². The Morgan fingerprint density at radius 3 is 2.12 bits per heavy atom. The number of nitrogens with zero attached hydrogens (tertiary/aromatic N) is 3. The van der Waals surface area contributed by atoms with Gasteiger partial charge in [-0.05, 0) is 58.2 Å². The van der Waals surface area contributed by atoms with Crippen molar-refractivity contribution in [1.29, 1.82) is 0 Å². The molecule has 0 N–H and O–H groups in total. The Labute approximate surface area is 159 Å². The molecule has 0 spiro atoms. The van der Waals surface area contributed by atoms with E-state index in [-0.39, 0.29) is 5.92 Å². The number of hydrogen-bond donors (Lipinski definition) is 0. The molecule has 5 nitrogen and oxygen atoms in total. The number of likely N-dealkylation sites (tertiary alicyclic amines) is 2. The lowest BCUT2D eigenvalue weighted by Gasteiger charge is -2.45. The molecule has 1 aliphatic carbocycles. The molecule has 26 heavy (non-hydrogen) atoms. The van der Waals surface area contributed by atoms with Gasteiger partial charge in [0.1, 0.15) is 0 Å². The molecule has 4 aliphatic rings. The molecule has 3 aliphatic heterocycles. The number of amides is 1. The Hall–Kier alpha value is -0.650. The predicted octanol–water partition coefficient (Wildman–Crippen LogP) is 2.35. The van der Waals surface area contributed by atoms with E-state index >= 15 is 0 Å². The molecule has 0 bridgehead atoms. The zero-order valence-corrected chi connectivity index (χ0v) is 16.4. The highest BCUT2D eigenvalue weighted by Crippen LogP contribution is 2.29. The van der Waals surface area contributed by atoms with Gasteiger partial charge in [-0.15, -0.1) is 0 Å². The zero-order valence-electron chi connectivity index (χ0n) is 16.4. The fraction of sp³-hybridized carbons (Fsp3) is 0.952. The summed E-state index contributed by atoms with van der Waals surface area (Å²) in [5.74, 6) is 0.607. The minimum Gasteiger partial charge on any atom is -0.378 e. The maximum atomic E-state index is 12.9. The fourth-order valence-corrected chi connectivity index (χ4v) is 5.64. The van der Waals surface area contributed by atoms with Crippen LogP contribution in [0, 0.1) is 5.92 Å². The van der Waals surface area contributed by atoms with E-state index in [1.165, 1.54) is 71.0 Å². The standard InChI is InChI=1S/C21H37N3O2/c25-21(23-13-15-26-16-14-23)18-5-4-10-24(17-18)20-8-11-22(12-9-20)19-6-2-1-3-7-19/h18-20H,1-17H2/t18-/m0/s1. The second kappa shape index (κ2) is 9.03. The number of carbonyl (C=O) groups is 1. The summed E-state index contributed by atoms with van der Waals surface area (Å²) in [6, 6.07) is 1.57. The van der Waals surface area contributed by atoms with Crippen LogP contribution < -0.4 is 0 Å². The topological polar surface area (TPSA) is 36.0 Å². The van der Waals surface area contributed by atoms with Gasteiger partial charge in [0.05, 0.1) is 19.1 Å². The van der Waals surface area contributed by atoms with Crippen molar-refractivity contribution in [2.24, 2.45) is 5.92 Å². The summed E-state index contributed by atoms with van der Waals surface area (Å²) in [7, 11) is 0. The molecule has 0 aromatic carbocycles. The van der Waals surface area contributed by atoms with Crippen LogP contribution in [-0.2, 0) is 9.53 Å². The molecule has 148 valence electrons. The monoisotopic (exact) mass is 363 g/mol.